The van der Waals surface area contributed by atoms with Gasteiger partial charge in [-0.1, -0.05) is 0 Å². The van der Waals surface area contributed by atoms with Crippen LogP contribution in [-0.2, 0) is 13.0 Å². The molecule has 0 bridgehead atoms. The van der Waals surface area contributed by atoms with Crippen molar-refractivity contribution in [2.24, 2.45) is 12.8 Å². The first kappa shape index (κ1) is 7.99. The summed E-state index contributed by atoms with van der Waals surface area (Å²) < 4.78 is 26.3. The van der Waals surface area contributed by atoms with Crippen LogP contribution in [0.15, 0.2) is 0 Å². The van der Waals surface area contributed by atoms with Gasteiger partial charge >= 0.3 is 5.92 Å². The van der Waals surface area contributed by atoms with Crippen molar-refractivity contribution in [3.05, 3.63) is 5.82 Å². The minimum Gasteiger partial charge on any atom is -0.325 e. The number of aryl methyl sites for hydroxylation is 1. The van der Waals surface area contributed by atoms with E-state index in [0.717, 1.165) is 4.68 Å². The molecule has 0 fully saturated rings. The molecule has 1 aromatic heterocycles. The molecule has 0 unspecified atom stereocenters. The highest BCUT2D eigenvalue weighted by Crippen LogP contribution is 2.22. The average molecular weight is 163 g/mol. The molecule has 0 atom stereocenters. The van der Waals surface area contributed by atoms with E-state index in [4.69, 9.17) is 5.73 Å². The highest BCUT2D eigenvalue weighted by atomic mass is 19.3. The fraction of sp³-hybridized carbons (Fsp3) is 0.750. The molecule has 0 saturated heterocycles. The lowest BCUT2D eigenvalue weighted by Gasteiger charge is -2.09. The standard InChI is InChI=1S/C4H7F2N5/c1-11-3(8-9-10-11)4(5,6)2-7/h2,7H2,1H3. The summed E-state index contributed by atoms with van der Waals surface area (Å²) >= 11 is 0. The van der Waals surface area contributed by atoms with Crippen LogP contribution in [0.2, 0.25) is 0 Å². The largest absolute Gasteiger partial charge is 0.325 e. The summed E-state index contributed by atoms with van der Waals surface area (Å²) in [5.74, 6) is -3.65. The second kappa shape index (κ2) is 2.50. The van der Waals surface area contributed by atoms with Crippen molar-refractivity contribution < 1.29 is 8.78 Å². The minimum atomic E-state index is -3.14. The van der Waals surface area contributed by atoms with Gasteiger partial charge in [0.2, 0.25) is 5.82 Å². The quantitative estimate of drug-likeness (QED) is 0.623. The summed E-state index contributed by atoms with van der Waals surface area (Å²) in [6, 6.07) is 0. The van der Waals surface area contributed by atoms with Gasteiger partial charge in [0, 0.05) is 7.05 Å². The number of nitrogens with zero attached hydrogens (tertiary/aromatic N) is 4. The monoisotopic (exact) mass is 163 g/mol. The Morgan fingerprint density at radius 3 is 2.64 bits per heavy atom. The van der Waals surface area contributed by atoms with Crippen molar-refractivity contribution >= 4 is 0 Å². The Bertz CT molecular complexity index is 244. The number of aromatic nitrogens is 4. The molecular formula is C4H7F2N5. The smallest absolute Gasteiger partial charge is 0.320 e. The predicted octanol–water partition coefficient (Wildman–Crippen LogP) is -0.739. The van der Waals surface area contributed by atoms with Gasteiger partial charge in [0.15, 0.2) is 0 Å². The van der Waals surface area contributed by atoms with E-state index in [0.29, 0.717) is 0 Å². The molecule has 0 radical (unpaired) electrons. The Kier molecular flexibility index (Phi) is 1.81. The highest BCUT2D eigenvalue weighted by Gasteiger charge is 2.35. The Morgan fingerprint density at radius 1 is 1.64 bits per heavy atom. The molecule has 2 N–H and O–H groups in total. The number of rotatable bonds is 2. The zero-order chi connectivity index (χ0) is 8.48. The molecule has 0 saturated carbocycles. The third kappa shape index (κ3) is 1.32. The van der Waals surface area contributed by atoms with Crippen LogP contribution in [0.4, 0.5) is 8.78 Å². The minimum absolute atomic E-state index is 0.514. The van der Waals surface area contributed by atoms with Crippen LogP contribution < -0.4 is 5.73 Å². The normalized spacial score (nSPS) is 12.0. The summed E-state index contributed by atoms with van der Waals surface area (Å²) in [5, 5.41) is 9.44. The summed E-state index contributed by atoms with van der Waals surface area (Å²) in [6.45, 7) is -0.790. The highest BCUT2D eigenvalue weighted by molar-refractivity contribution is 4.92. The molecule has 0 spiro atoms. The van der Waals surface area contributed by atoms with Crippen LogP contribution in [0.5, 0.6) is 0 Å². The van der Waals surface area contributed by atoms with Crippen molar-refractivity contribution in [2.45, 2.75) is 5.92 Å². The third-order valence-electron chi connectivity index (χ3n) is 1.20. The second-order valence-corrected chi connectivity index (χ2v) is 2.03. The van der Waals surface area contributed by atoms with Crippen molar-refractivity contribution in [3.8, 4) is 0 Å². The fourth-order valence-corrected chi connectivity index (χ4v) is 0.631. The molecule has 5 nitrogen and oxygen atoms in total. The molecule has 1 aromatic rings. The second-order valence-electron chi connectivity index (χ2n) is 2.03. The molecule has 62 valence electrons. The van der Waals surface area contributed by atoms with E-state index in [1.165, 1.54) is 7.05 Å². The Balaban J connectivity index is 3.00. The molecule has 7 heteroatoms. The van der Waals surface area contributed by atoms with E-state index in [2.05, 4.69) is 15.5 Å². The molecule has 1 heterocycles. The van der Waals surface area contributed by atoms with Crippen molar-refractivity contribution in [3.63, 3.8) is 0 Å². The van der Waals surface area contributed by atoms with Gasteiger partial charge in [0.05, 0.1) is 6.54 Å². The van der Waals surface area contributed by atoms with Gasteiger partial charge in [-0.15, -0.1) is 5.10 Å². The topological polar surface area (TPSA) is 69.6 Å². The number of halogens is 2. The Hall–Kier alpha value is -1.11. The maximum Gasteiger partial charge on any atom is 0.320 e. The van der Waals surface area contributed by atoms with Gasteiger partial charge in [-0.3, -0.25) is 0 Å². The van der Waals surface area contributed by atoms with E-state index in [-0.39, 0.29) is 0 Å². The van der Waals surface area contributed by atoms with E-state index in [9.17, 15) is 8.78 Å². The fourth-order valence-electron chi connectivity index (χ4n) is 0.631. The van der Waals surface area contributed by atoms with Gasteiger partial charge in [-0.25, -0.2) is 4.68 Å². The lowest BCUT2D eigenvalue weighted by molar-refractivity contribution is -0.00721. The van der Waals surface area contributed by atoms with E-state index in [1.807, 2.05) is 0 Å². The lowest BCUT2D eigenvalue weighted by Crippen LogP contribution is -2.28. The SMILES string of the molecule is Cn1nnnc1C(F)(F)CN. The van der Waals surface area contributed by atoms with E-state index < -0.39 is 18.3 Å². The number of nitrogens with two attached hydrogens (primary N) is 1. The number of hydrogen-bond donors (Lipinski definition) is 1. The maximum absolute atomic E-state index is 12.7. The van der Waals surface area contributed by atoms with Gasteiger partial charge in [-0.2, -0.15) is 8.78 Å². The molecule has 11 heavy (non-hydrogen) atoms. The van der Waals surface area contributed by atoms with Gasteiger partial charge in [0.1, 0.15) is 0 Å². The molecule has 0 aliphatic rings. The van der Waals surface area contributed by atoms with Crippen molar-refractivity contribution in [2.75, 3.05) is 6.54 Å². The maximum atomic E-state index is 12.7. The third-order valence-corrected chi connectivity index (χ3v) is 1.20. The van der Waals surface area contributed by atoms with E-state index >= 15 is 0 Å². The van der Waals surface area contributed by atoms with Crippen molar-refractivity contribution in [1.29, 1.82) is 0 Å². The molecular weight excluding hydrogens is 156 g/mol. The number of alkyl halides is 2. The molecule has 0 aromatic carbocycles. The van der Waals surface area contributed by atoms with Gasteiger partial charge in [-0.05, 0) is 10.4 Å². The summed E-state index contributed by atoms with van der Waals surface area (Å²) in [7, 11) is 1.33. The number of tetrazole rings is 1. The molecule has 0 amide bonds. The van der Waals surface area contributed by atoms with Crippen LogP contribution in [0.3, 0.4) is 0 Å². The number of hydrogen-bond acceptors (Lipinski definition) is 4. The van der Waals surface area contributed by atoms with Crippen LogP contribution in [0, 0.1) is 0 Å². The zero-order valence-corrected chi connectivity index (χ0v) is 5.83. The molecule has 0 aliphatic heterocycles. The summed E-state index contributed by atoms with van der Waals surface area (Å²) in [4.78, 5) is 0. The van der Waals surface area contributed by atoms with Crippen LogP contribution >= 0.6 is 0 Å². The first-order valence-electron chi connectivity index (χ1n) is 2.88. The Labute approximate surface area is 61.2 Å². The zero-order valence-electron chi connectivity index (χ0n) is 5.83. The first-order chi connectivity index (χ1) is 5.08. The van der Waals surface area contributed by atoms with Gasteiger partial charge < -0.3 is 5.73 Å². The Morgan fingerprint density at radius 2 is 2.27 bits per heavy atom. The molecule has 1 rings (SSSR count). The predicted molar refractivity (Wildman–Crippen MR) is 31.7 cm³/mol. The van der Waals surface area contributed by atoms with Crippen LogP contribution in [-0.4, -0.2) is 26.8 Å². The van der Waals surface area contributed by atoms with Crippen LogP contribution in [0.1, 0.15) is 5.82 Å². The van der Waals surface area contributed by atoms with Crippen LogP contribution in [0.25, 0.3) is 0 Å². The first-order valence-corrected chi connectivity index (χ1v) is 2.88. The summed E-state index contributed by atoms with van der Waals surface area (Å²) in [5.41, 5.74) is 4.81. The van der Waals surface area contributed by atoms with Gasteiger partial charge in [0.25, 0.3) is 0 Å². The lowest BCUT2D eigenvalue weighted by atomic mass is 10.3. The summed E-state index contributed by atoms with van der Waals surface area (Å²) in [6.07, 6.45) is 0. The van der Waals surface area contributed by atoms with Crippen molar-refractivity contribution in [1.82, 2.24) is 20.2 Å². The van der Waals surface area contributed by atoms with E-state index in [1.54, 1.807) is 0 Å². The average Bonchev–Trinajstić information content (AvgIpc) is 2.36. The molecule has 0 aliphatic carbocycles.